The number of hydrogen-bond donors (Lipinski definition) is 1. The number of rotatable bonds is 4. The van der Waals surface area contributed by atoms with Gasteiger partial charge < -0.3 is 10.0 Å². The minimum atomic E-state index is -0.127. The van der Waals surface area contributed by atoms with Crippen LogP contribution in [0.15, 0.2) is 18.2 Å². The molecule has 1 aromatic rings. The Balaban J connectivity index is 1.82. The summed E-state index contributed by atoms with van der Waals surface area (Å²) in [4.78, 5) is 2.38. The smallest absolute Gasteiger partial charge is 0.126 e. The fraction of sp³-hybridized carbons (Fsp3) is 0.625. The summed E-state index contributed by atoms with van der Waals surface area (Å²) >= 11 is 0. The van der Waals surface area contributed by atoms with E-state index in [-0.39, 0.29) is 11.9 Å². The van der Waals surface area contributed by atoms with Gasteiger partial charge in [0.1, 0.15) is 5.82 Å². The number of aliphatic hydroxyl groups is 1. The lowest BCUT2D eigenvalue weighted by molar-refractivity contribution is 0.0847. The molecule has 2 rings (SSSR count). The number of halogens is 1. The molecule has 1 saturated carbocycles. The maximum Gasteiger partial charge on any atom is 0.126 e. The Labute approximate surface area is 115 Å². The first-order valence-electron chi connectivity index (χ1n) is 7.19. The van der Waals surface area contributed by atoms with Gasteiger partial charge in [0.2, 0.25) is 0 Å². The fourth-order valence-corrected chi connectivity index (χ4v) is 2.85. The Morgan fingerprint density at radius 2 is 1.95 bits per heavy atom. The van der Waals surface area contributed by atoms with E-state index >= 15 is 0 Å². The van der Waals surface area contributed by atoms with E-state index in [1.807, 2.05) is 19.1 Å². The average molecular weight is 265 g/mol. The van der Waals surface area contributed by atoms with Crippen molar-refractivity contribution in [3.63, 3.8) is 0 Å². The second-order valence-corrected chi connectivity index (χ2v) is 5.78. The van der Waals surface area contributed by atoms with Crippen molar-refractivity contribution in [1.82, 2.24) is 4.90 Å². The molecule has 19 heavy (non-hydrogen) atoms. The van der Waals surface area contributed by atoms with Gasteiger partial charge in [0.15, 0.2) is 0 Å². The molecule has 106 valence electrons. The molecule has 0 amide bonds. The van der Waals surface area contributed by atoms with Gasteiger partial charge in [-0.05, 0) is 63.3 Å². The van der Waals surface area contributed by atoms with E-state index < -0.39 is 0 Å². The lowest BCUT2D eigenvalue weighted by Gasteiger charge is -2.33. The molecular formula is C16H24FNO. The number of aryl methyl sites for hydroxylation is 1. The van der Waals surface area contributed by atoms with Crippen molar-refractivity contribution in [3.8, 4) is 0 Å². The molecule has 1 aliphatic carbocycles. The third-order valence-corrected chi connectivity index (χ3v) is 4.27. The normalized spacial score (nSPS) is 23.8. The van der Waals surface area contributed by atoms with Crippen LogP contribution in [0.2, 0.25) is 0 Å². The summed E-state index contributed by atoms with van der Waals surface area (Å²) in [6.45, 7) is 2.80. The molecule has 0 radical (unpaired) electrons. The van der Waals surface area contributed by atoms with E-state index in [1.54, 1.807) is 6.07 Å². The molecule has 1 aromatic carbocycles. The van der Waals surface area contributed by atoms with Gasteiger partial charge in [-0.25, -0.2) is 4.39 Å². The highest BCUT2D eigenvalue weighted by Crippen LogP contribution is 2.22. The zero-order valence-corrected chi connectivity index (χ0v) is 11.9. The number of likely N-dealkylation sites (N-methyl/N-ethyl adjacent to an activating group) is 1. The number of benzene rings is 1. The van der Waals surface area contributed by atoms with Gasteiger partial charge in [-0.15, -0.1) is 0 Å². The molecule has 0 spiro atoms. The molecular weight excluding hydrogens is 241 g/mol. The molecule has 0 saturated heterocycles. The van der Waals surface area contributed by atoms with E-state index in [1.165, 1.54) is 5.56 Å². The molecule has 0 bridgehead atoms. The molecule has 1 fully saturated rings. The molecule has 2 nitrogen and oxygen atoms in total. The van der Waals surface area contributed by atoms with Crippen molar-refractivity contribution in [2.24, 2.45) is 0 Å². The Hall–Kier alpha value is -0.930. The second kappa shape index (κ2) is 6.49. The molecule has 0 heterocycles. The van der Waals surface area contributed by atoms with Crippen LogP contribution < -0.4 is 0 Å². The summed E-state index contributed by atoms with van der Waals surface area (Å²) in [5.41, 5.74) is 1.92. The summed E-state index contributed by atoms with van der Waals surface area (Å²) in [6.07, 6.45) is 4.87. The quantitative estimate of drug-likeness (QED) is 0.905. The molecule has 1 aliphatic rings. The second-order valence-electron chi connectivity index (χ2n) is 5.78. The summed E-state index contributed by atoms with van der Waals surface area (Å²) < 4.78 is 13.2. The molecule has 1 N–H and O–H groups in total. The van der Waals surface area contributed by atoms with Gasteiger partial charge in [-0.2, -0.15) is 0 Å². The highest BCUT2D eigenvalue weighted by Gasteiger charge is 2.22. The summed E-state index contributed by atoms with van der Waals surface area (Å²) in [5, 5.41) is 9.52. The van der Waals surface area contributed by atoms with E-state index in [0.717, 1.165) is 44.2 Å². The van der Waals surface area contributed by atoms with Gasteiger partial charge in [0.05, 0.1) is 6.10 Å². The first kappa shape index (κ1) is 14.5. The van der Waals surface area contributed by atoms with Gasteiger partial charge in [0, 0.05) is 12.6 Å². The Bertz CT molecular complexity index is 413. The van der Waals surface area contributed by atoms with Crippen molar-refractivity contribution in [1.29, 1.82) is 0 Å². The molecule has 0 unspecified atom stereocenters. The van der Waals surface area contributed by atoms with Crippen LogP contribution in [0.1, 0.15) is 36.8 Å². The van der Waals surface area contributed by atoms with Crippen LogP contribution in [0.5, 0.6) is 0 Å². The number of hydrogen-bond acceptors (Lipinski definition) is 2. The van der Waals surface area contributed by atoms with Crippen LogP contribution in [-0.4, -0.2) is 35.7 Å². The van der Waals surface area contributed by atoms with Gasteiger partial charge >= 0.3 is 0 Å². The van der Waals surface area contributed by atoms with E-state index in [0.29, 0.717) is 6.04 Å². The monoisotopic (exact) mass is 265 g/mol. The van der Waals surface area contributed by atoms with Crippen LogP contribution in [0.3, 0.4) is 0 Å². The summed E-state index contributed by atoms with van der Waals surface area (Å²) in [6, 6.07) is 5.96. The number of nitrogens with zero attached hydrogens (tertiary/aromatic N) is 1. The van der Waals surface area contributed by atoms with Crippen LogP contribution in [0, 0.1) is 12.7 Å². The fourth-order valence-electron chi connectivity index (χ4n) is 2.85. The maximum atomic E-state index is 13.2. The molecule has 0 atom stereocenters. The van der Waals surface area contributed by atoms with Crippen LogP contribution in [0.25, 0.3) is 0 Å². The zero-order chi connectivity index (χ0) is 13.8. The predicted molar refractivity (Wildman–Crippen MR) is 75.7 cm³/mol. The highest BCUT2D eigenvalue weighted by atomic mass is 19.1. The SMILES string of the molecule is Cc1cc(CCN(C)C2CCC(O)CC2)ccc1F. The lowest BCUT2D eigenvalue weighted by Crippen LogP contribution is -2.37. The average Bonchev–Trinajstić information content (AvgIpc) is 2.40. The predicted octanol–water partition coefficient (Wildman–Crippen LogP) is 2.91. The Morgan fingerprint density at radius 3 is 2.58 bits per heavy atom. The van der Waals surface area contributed by atoms with Gasteiger partial charge in [0.25, 0.3) is 0 Å². The minimum Gasteiger partial charge on any atom is -0.393 e. The first-order chi connectivity index (χ1) is 9.06. The van der Waals surface area contributed by atoms with E-state index in [4.69, 9.17) is 0 Å². The standard InChI is InChI=1S/C16H24FNO/c1-12-11-13(3-8-16(12)17)9-10-18(2)14-4-6-15(19)7-5-14/h3,8,11,14-15,19H,4-7,9-10H2,1-2H3. The lowest BCUT2D eigenvalue weighted by atomic mass is 9.92. The largest absolute Gasteiger partial charge is 0.393 e. The highest BCUT2D eigenvalue weighted by molar-refractivity contribution is 5.24. The van der Waals surface area contributed by atoms with Crippen molar-refractivity contribution in [3.05, 3.63) is 35.1 Å². The third-order valence-electron chi connectivity index (χ3n) is 4.27. The first-order valence-corrected chi connectivity index (χ1v) is 7.19. The zero-order valence-electron chi connectivity index (χ0n) is 11.9. The topological polar surface area (TPSA) is 23.5 Å². The minimum absolute atomic E-state index is 0.0931. The van der Waals surface area contributed by atoms with Gasteiger partial charge in [-0.3, -0.25) is 0 Å². The van der Waals surface area contributed by atoms with Crippen molar-refractivity contribution in [2.75, 3.05) is 13.6 Å². The number of aliphatic hydroxyl groups excluding tert-OH is 1. The van der Waals surface area contributed by atoms with E-state index in [9.17, 15) is 9.50 Å². The molecule has 0 aromatic heterocycles. The van der Waals surface area contributed by atoms with Crippen LogP contribution in [-0.2, 0) is 6.42 Å². The van der Waals surface area contributed by atoms with Crippen molar-refractivity contribution >= 4 is 0 Å². The van der Waals surface area contributed by atoms with Crippen LogP contribution in [0.4, 0.5) is 4.39 Å². The van der Waals surface area contributed by atoms with Gasteiger partial charge in [-0.1, -0.05) is 12.1 Å². The maximum absolute atomic E-state index is 13.2. The molecule has 3 heteroatoms. The Kier molecular flexibility index (Phi) is 4.94. The molecule has 0 aliphatic heterocycles. The summed E-state index contributed by atoms with van der Waals surface area (Å²) in [7, 11) is 2.15. The van der Waals surface area contributed by atoms with Crippen molar-refractivity contribution < 1.29 is 9.50 Å². The third kappa shape index (κ3) is 4.02. The van der Waals surface area contributed by atoms with Crippen molar-refractivity contribution in [2.45, 2.75) is 51.2 Å². The summed E-state index contributed by atoms with van der Waals surface area (Å²) in [5.74, 6) is -0.127. The van der Waals surface area contributed by atoms with E-state index in [2.05, 4.69) is 11.9 Å². The Morgan fingerprint density at radius 1 is 1.26 bits per heavy atom. The van der Waals surface area contributed by atoms with Crippen LogP contribution >= 0.6 is 0 Å².